The molecule has 3 nitrogen and oxygen atoms in total. The highest BCUT2D eigenvalue weighted by Gasteiger charge is 2.22. The molecule has 0 bridgehead atoms. The van der Waals surface area contributed by atoms with Gasteiger partial charge >= 0.3 is 6.43 Å². The zero-order valence-corrected chi connectivity index (χ0v) is 7.74. The highest BCUT2D eigenvalue weighted by molar-refractivity contribution is 5.79. The van der Waals surface area contributed by atoms with Crippen molar-refractivity contribution in [1.29, 1.82) is 0 Å². The first-order valence-electron chi connectivity index (χ1n) is 4.24. The summed E-state index contributed by atoms with van der Waals surface area (Å²) in [6, 6.07) is 3.29. The topological polar surface area (TPSA) is 33.5 Å². The zero-order valence-electron chi connectivity index (χ0n) is 7.74. The first-order valence-corrected chi connectivity index (χ1v) is 4.24. The second kappa shape index (κ2) is 4.74. The Morgan fingerprint density at radius 3 is 2.79 bits per heavy atom. The van der Waals surface area contributed by atoms with Gasteiger partial charge in [0.15, 0.2) is 0 Å². The van der Waals surface area contributed by atoms with Crippen molar-refractivity contribution in [3.63, 3.8) is 0 Å². The Kier molecular flexibility index (Phi) is 3.62. The van der Waals surface area contributed by atoms with Crippen LogP contribution in [-0.2, 0) is 11.3 Å². The maximum absolute atomic E-state index is 12.1. The highest BCUT2D eigenvalue weighted by atomic mass is 19.3. The summed E-state index contributed by atoms with van der Waals surface area (Å²) in [4.78, 5) is 12.0. The van der Waals surface area contributed by atoms with E-state index in [1.165, 1.54) is 6.26 Å². The number of alkyl halides is 2. The minimum absolute atomic E-state index is 0.0900. The predicted octanol–water partition coefficient (Wildman–Crippen LogP) is 1.89. The number of carbonyl (C=O) groups excluding carboxylic acids is 1. The molecular formula is C9H11F2NO2. The summed E-state index contributed by atoms with van der Waals surface area (Å²) in [7, 11) is 0. The van der Waals surface area contributed by atoms with Gasteiger partial charge in [0.05, 0.1) is 12.8 Å². The van der Waals surface area contributed by atoms with E-state index >= 15 is 0 Å². The minimum atomic E-state index is -2.95. The van der Waals surface area contributed by atoms with Crippen LogP contribution in [-0.4, -0.2) is 23.8 Å². The summed E-state index contributed by atoms with van der Waals surface area (Å²) in [5, 5.41) is 0. The Morgan fingerprint density at radius 1 is 1.64 bits per heavy atom. The quantitative estimate of drug-likeness (QED) is 0.748. The van der Waals surface area contributed by atoms with Gasteiger partial charge in [-0.05, 0) is 19.1 Å². The van der Waals surface area contributed by atoms with Crippen molar-refractivity contribution in [2.24, 2.45) is 0 Å². The van der Waals surface area contributed by atoms with Crippen LogP contribution in [0.5, 0.6) is 0 Å². The molecule has 0 aliphatic rings. The van der Waals surface area contributed by atoms with Crippen molar-refractivity contribution >= 4 is 5.91 Å². The van der Waals surface area contributed by atoms with Crippen molar-refractivity contribution in [2.75, 3.05) is 6.54 Å². The molecule has 0 aliphatic heterocycles. The highest BCUT2D eigenvalue weighted by Crippen LogP contribution is 2.08. The fourth-order valence-electron chi connectivity index (χ4n) is 1.07. The number of furan rings is 1. The summed E-state index contributed by atoms with van der Waals surface area (Å²) in [5.41, 5.74) is 0. The maximum Gasteiger partial charge on any atom is 0.315 e. The van der Waals surface area contributed by atoms with Gasteiger partial charge in [0, 0.05) is 6.54 Å². The Hall–Kier alpha value is -1.39. The van der Waals surface area contributed by atoms with E-state index in [1.54, 1.807) is 19.1 Å². The van der Waals surface area contributed by atoms with E-state index in [-0.39, 0.29) is 13.1 Å². The average Bonchev–Trinajstić information content (AvgIpc) is 2.65. The van der Waals surface area contributed by atoms with Crippen LogP contribution < -0.4 is 0 Å². The van der Waals surface area contributed by atoms with Crippen LogP contribution in [0.25, 0.3) is 0 Å². The van der Waals surface area contributed by atoms with E-state index in [0.29, 0.717) is 5.76 Å². The van der Waals surface area contributed by atoms with E-state index in [2.05, 4.69) is 0 Å². The number of nitrogens with zero attached hydrogens (tertiary/aromatic N) is 1. The number of hydrogen-bond acceptors (Lipinski definition) is 2. The molecule has 1 heterocycles. The second-order valence-electron chi connectivity index (χ2n) is 2.73. The van der Waals surface area contributed by atoms with Crippen LogP contribution in [0.15, 0.2) is 22.8 Å². The van der Waals surface area contributed by atoms with Gasteiger partial charge in [0.2, 0.25) is 0 Å². The van der Waals surface area contributed by atoms with Crippen molar-refractivity contribution in [1.82, 2.24) is 4.90 Å². The smallest absolute Gasteiger partial charge is 0.315 e. The minimum Gasteiger partial charge on any atom is -0.467 e. The van der Waals surface area contributed by atoms with Gasteiger partial charge in [-0.25, -0.2) is 0 Å². The molecule has 0 saturated carbocycles. The van der Waals surface area contributed by atoms with Crippen LogP contribution in [0, 0.1) is 0 Å². The fourth-order valence-corrected chi connectivity index (χ4v) is 1.07. The van der Waals surface area contributed by atoms with Crippen LogP contribution in [0.1, 0.15) is 12.7 Å². The molecule has 0 saturated heterocycles. The maximum atomic E-state index is 12.1. The normalized spacial score (nSPS) is 10.6. The molecule has 1 aromatic heterocycles. The lowest BCUT2D eigenvalue weighted by molar-refractivity contribution is -0.143. The fraction of sp³-hybridized carbons (Fsp3) is 0.444. The van der Waals surface area contributed by atoms with Gasteiger partial charge in [-0.3, -0.25) is 4.79 Å². The molecule has 5 heteroatoms. The number of hydrogen-bond donors (Lipinski definition) is 0. The van der Waals surface area contributed by atoms with Crippen LogP contribution in [0.3, 0.4) is 0 Å². The van der Waals surface area contributed by atoms with Crippen LogP contribution >= 0.6 is 0 Å². The van der Waals surface area contributed by atoms with Crippen molar-refractivity contribution in [3.05, 3.63) is 24.2 Å². The largest absolute Gasteiger partial charge is 0.467 e. The van der Waals surface area contributed by atoms with Gasteiger partial charge in [0.1, 0.15) is 5.76 Å². The molecular weight excluding hydrogens is 192 g/mol. The van der Waals surface area contributed by atoms with Crippen LogP contribution in [0.2, 0.25) is 0 Å². The summed E-state index contributed by atoms with van der Waals surface area (Å²) in [6.07, 6.45) is -1.51. The molecule has 0 atom stereocenters. The van der Waals surface area contributed by atoms with E-state index < -0.39 is 12.3 Å². The van der Waals surface area contributed by atoms with Gasteiger partial charge in [-0.2, -0.15) is 8.78 Å². The predicted molar refractivity (Wildman–Crippen MR) is 45.8 cm³/mol. The Labute approximate surface area is 80.3 Å². The number of amides is 1. The molecule has 0 fully saturated rings. The van der Waals surface area contributed by atoms with E-state index in [1.807, 2.05) is 0 Å². The lowest BCUT2D eigenvalue weighted by Gasteiger charge is -2.18. The third kappa shape index (κ3) is 2.55. The third-order valence-electron chi connectivity index (χ3n) is 1.81. The SMILES string of the molecule is CCN(Cc1ccco1)C(=O)C(F)F. The Morgan fingerprint density at radius 2 is 2.36 bits per heavy atom. The molecule has 14 heavy (non-hydrogen) atoms. The molecule has 0 spiro atoms. The molecule has 0 N–H and O–H groups in total. The monoisotopic (exact) mass is 203 g/mol. The zero-order chi connectivity index (χ0) is 10.6. The molecule has 1 rings (SSSR count). The molecule has 1 aromatic rings. The van der Waals surface area contributed by atoms with Crippen molar-refractivity contribution in [3.8, 4) is 0 Å². The number of carbonyl (C=O) groups is 1. The van der Waals surface area contributed by atoms with Gasteiger partial charge < -0.3 is 9.32 Å². The molecule has 0 unspecified atom stereocenters. The van der Waals surface area contributed by atoms with Crippen LogP contribution in [0.4, 0.5) is 8.78 Å². The molecule has 0 radical (unpaired) electrons. The second-order valence-corrected chi connectivity index (χ2v) is 2.73. The van der Waals surface area contributed by atoms with Gasteiger partial charge in [0.25, 0.3) is 5.91 Å². The first-order chi connectivity index (χ1) is 6.65. The first kappa shape index (κ1) is 10.7. The Balaban J connectivity index is 2.60. The van der Waals surface area contributed by atoms with E-state index in [0.717, 1.165) is 4.90 Å². The van der Waals surface area contributed by atoms with E-state index in [9.17, 15) is 13.6 Å². The van der Waals surface area contributed by atoms with Crippen molar-refractivity contribution < 1.29 is 18.0 Å². The summed E-state index contributed by atoms with van der Waals surface area (Å²) in [6.45, 7) is 1.97. The average molecular weight is 203 g/mol. The molecule has 0 aliphatic carbocycles. The number of halogens is 2. The molecule has 78 valence electrons. The summed E-state index contributed by atoms with van der Waals surface area (Å²) < 4.78 is 29.1. The van der Waals surface area contributed by atoms with Gasteiger partial charge in [-0.1, -0.05) is 0 Å². The third-order valence-corrected chi connectivity index (χ3v) is 1.81. The lowest BCUT2D eigenvalue weighted by atomic mass is 10.4. The van der Waals surface area contributed by atoms with Gasteiger partial charge in [-0.15, -0.1) is 0 Å². The van der Waals surface area contributed by atoms with Crippen molar-refractivity contribution in [2.45, 2.75) is 19.9 Å². The molecule has 0 aromatic carbocycles. The lowest BCUT2D eigenvalue weighted by Crippen LogP contribution is -2.34. The van der Waals surface area contributed by atoms with E-state index in [4.69, 9.17) is 4.42 Å². The standard InChI is InChI=1S/C9H11F2NO2/c1-2-12(9(13)8(10)11)6-7-4-3-5-14-7/h3-5,8H,2,6H2,1H3. The summed E-state index contributed by atoms with van der Waals surface area (Å²) >= 11 is 0. The number of rotatable bonds is 4. The Bertz CT molecular complexity index is 285. The summed E-state index contributed by atoms with van der Waals surface area (Å²) in [5.74, 6) is -0.662. The molecule has 1 amide bonds.